The van der Waals surface area contributed by atoms with Gasteiger partial charge < -0.3 is 14.0 Å². The Balaban J connectivity index is 1.27. The van der Waals surface area contributed by atoms with Crippen LogP contribution < -0.4 is 4.74 Å². The maximum absolute atomic E-state index is 13.5. The summed E-state index contributed by atoms with van der Waals surface area (Å²) >= 11 is 6.15. The number of hydrogen-bond acceptors (Lipinski definition) is 4. The van der Waals surface area contributed by atoms with Gasteiger partial charge in [-0.15, -0.1) is 0 Å². The van der Waals surface area contributed by atoms with Gasteiger partial charge in [-0.05, 0) is 67.8 Å². The van der Waals surface area contributed by atoms with E-state index in [0.717, 1.165) is 61.6 Å². The van der Waals surface area contributed by atoms with Crippen molar-refractivity contribution in [2.24, 2.45) is 5.92 Å². The van der Waals surface area contributed by atoms with Gasteiger partial charge in [0.1, 0.15) is 11.4 Å². The Kier molecular flexibility index (Phi) is 6.15. The van der Waals surface area contributed by atoms with E-state index < -0.39 is 0 Å². The standard InChI is InChI=1S/C29H29ClN4O2/c1-36-25-6-4-5-22(16-25)29(35)34-17-20-12-14-32(18-24(34)15-20)19-26-28(21-8-10-23(30)11-9-21)31-27-7-2-3-13-33(26)27/h2-11,13,16,20,24H,12,14-15,17-19H2,1H3. The number of methoxy groups -OCH3 is 1. The highest BCUT2D eigenvalue weighted by Crippen LogP contribution is 2.33. The lowest BCUT2D eigenvalue weighted by Gasteiger charge is -2.32. The topological polar surface area (TPSA) is 50.1 Å². The number of imidazole rings is 1. The molecule has 2 atom stereocenters. The first-order valence-corrected chi connectivity index (χ1v) is 12.9. The number of hydrogen-bond donors (Lipinski definition) is 0. The summed E-state index contributed by atoms with van der Waals surface area (Å²) in [6.07, 6.45) is 4.23. The van der Waals surface area contributed by atoms with E-state index >= 15 is 0 Å². The number of aromatic nitrogens is 2. The van der Waals surface area contributed by atoms with Crippen molar-refractivity contribution in [3.05, 3.63) is 89.2 Å². The summed E-state index contributed by atoms with van der Waals surface area (Å²) in [7, 11) is 1.63. The predicted molar refractivity (Wildman–Crippen MR) is 141 cm³/mol. The third-order valence-corrected chi connectivity index (χ3v) is 7.77. The summed E-state index contributed by atoms with van der Waals surface area (Å²) < 4.78 is 7.53. The highest BCUT2D eigenvalue weighted by molar-refractivity contribution is 6.30. The quantitative estimate of drug-likeness (QED) is 0.368. The van der Waals surface area contributed by atoms with Crippen molar-refractivity contribution >= 4 is 23.2 Å². The minimum Gasteiger partial charge on any atom is -0.497 e. The summed E-state index contributed by atoms with van der Waals surface area (Å²) in [5, 5.41) is 0.716. The van der Waals surface area contributed by atoms with Gasteiger partial charge in [-0.2, -0.15) is 0 Å². The van der Waals surface area contributed by atoms with Crippen LogP contribution in [0.3, 0.4) is 0 Å². The zero-order valence-corrected chi connectivity index (χ0v) is 21.1. The average molecular weight is 501 g/mol. The number of carbonyl (C=O) groups excluding carboxylic acids is 1. The molecule has 36 heavy (non-hydrogen) atoms. The normalized spacial score (nSPS) is 20.0. The van der Waals surface area contributed by atoms with Crippen LogP contribution in [0.15, 0.2) is 72.9 Å². The average Bonchev–Trinajstić information content (AvgIpc) is 3.41. The Hall–Kier alpha value is -3.35. The molecular formula is C29H29ClN4O2. The number of ether oxygens (including phenoxy) is 1. The summed E-state index contributed by atoms with van der Waals surface area (Å²) in [6.45, 7) is 3.47. The third-order valence-electron chi connectivity index (χ3n) is 7.52. The van der Waals surface area contributed by atoms with Gasteiger partial charge in [0.05, 0.1) is 18.5 Å². The molecule has 2 aliphatic heterocycles. The van der Waals surface area contributed by atoms with E-state index in [1.165, 1.54) is 0 Å². The molecule has 0 spiro atoms. The number of carbonyl (C=O) groups is 1. The smallest absolute Gasteiger partial charge is 0.254 e. The molecule has 2 aromatic carbocycles. The number of nitrogens with zero attached hydrogens (tertiary/aromatic N) is 4. The molecule has 6 rings (SSSR count). The van der Waals surface area contributed by atoms with Crippen LogP contribution in [-0.4, -0.2) is 57.9 Å². The molecule has 2 fully saturated rings. The van der Waals surface area contributed by atoms with Crippen LogP contribution in [0.1, 0.15) is 28.9 Å². The number of rotatable bonds is 5. The fourth-order valence-corrected chi connectivity index (χ4v) is 5.84. The van der Waals surface area contributed by atoms with Gasteiger partial charge in [0, 0.05) is 48.0 Å². The molecule has 4 heterocycles. The molecule has 2 aromatic heterocycles. The molecule has 4 aromatic rings. The van der Waals surface area contributed by atoms with Crippen LogP contribution in [0.25, 0.3) is 16.9 Å². The monoisotopic (exact) mass is 500 g/mol. The second-order valence-electron chi connectivity index (χ2n) is 9.81. The summed E-state index contributed by atoms with van der Waals surface area (Å²) in [6, 6.07) is 21.7. The van der Waals surface area contributed by atoms with Gasteiger partial charge in [0.15, 0.2) is 0 Å². The maximum Gasteiger partial charge on any atom is 0.254 e. The fraction of sp³-hybridized carbons (Fsp3) is 0.310. The van der Waals surface area contributed by atoms with Crippen LogP contribution in [-0.2, 0) is 6.54 Å². The van der Waals surface area contributed by atoms with Gasteiger partial charge in [-0.1, -0.05) is 35.9 Å². The Morgan fingerprint density at radius 1 is 1.08 bits per heavy atom. The molecular weight excluding hydrogens is 472 g/mol. The molecule has 6 nitrogen and oxygen atoms in total. The van der Waals surface area contributed by atoms with Gasteiger partial charge in [0.25, 0.3) is 5.91 Å². The van der Waals surface area contributed by atoms with E-state index in [9.17, 15) is 4.79 Å². The summed E-state index contributed by atoms with van der Waals surface area (Å²) in [5.74, 6) is 1.34. The van der Waals surface area contributed by atoms with E-state index in [0.29, 0.717) is 22.3 Å². The summed E-state index contributed by atoms with van der Waals surface area (Å²) in [4.78, 5) is 23.0. The van der Waals surface area contributed by atoms with E-state index in [-0.39, 0.29) is 11.9 Å². The molecule has 184 valence electrons. The highest BCUT2D eigenvalue weighted by atomic mass is 35.5. The number of fused-ring (bicyclic) bond motifs is 3. The highest BCUT2D eigenvalue weighted by Gasteiger charge is 2.39. The van der Waals surface area contributed by atoms with Crippen molar-refractivity contribution in [1.82, 2.24) is 19.2 Å². The number of benzene rings is 2. The Morgan fingerprint density at radius 3 is 2.78 bits per heavy atom. The van der Waals surface area contributed by atoms with E-state index in [2.05, 4.69) is 20.4 Å². The van der Waals surface area contributed by atoms with Gasteiger partial charge >= 0.3 is 0 Å². The molecule has 2 aliphatic rings. The molecule has 2 bridgehead atoms. The van der Waals surface area contributed by atoms with Crippen LogP contribution >= 0.6 is 11.6 Å². The Morgan fingerprint density at radius 2 is 1.94 bits per heavy atom. The zero-order valence-electron chi connectivity index (χ0n) is 20.3. The van der Waals surface area contributed by atoms with Gasteiger partial charge in [-0.25, -0.2) is 4.98 Å². The second kappa shape index (κ2) is 9.60. The van der Waals surface area contributed by atoms with Crippen molar-refractivity contribution in [3.8, 4) is 17.0 Å². The minimum atomic E-state index is 0.0971. The van der Waals surface area contributed by atoms with Gasteiger partial charge in [0.2, 0.25) is 0 Å². The van der Waals surface area contributed by atoms with Gasteiger partial charge in [-0.3, -0.25) is 9.69 Å². The van der Waals surface area contributed by atoms with Crippen LogP contribution in [0.5, 0.6) is 5.75 Å². The lowest BCUT2D eigenvalue weighted by atomic mass is 10.0. The largest absolute Gasteiger partial charge is 0.497 e. The molecule has 0 aliphatic carbocycles. The van der Waals surface area contributed by atoms with E-state index in [1.807, 2.05) is 66.7 Å². The molecule has 2 unspecified atom stereocenters. The van der Waals surface area contributed by atoms with Crippen molar-refractivity contribution in [2.75, 3.05) is 26.7 Å². The predicted octanol–water partition coefficient (Wildman–Crippen LogP) is 5.40. The molecule has 0 saturated carbocycles. The fourth-order valence-electron chi connectivity index (χ4n) is 5.71. The number of amides is 1. The van der Waals surface area contributed by atoms with Crippen molar-refractivity contribution in [3.63, 3.8) is 0 Å². The van der Waals surface area contributed by atoms with Crippen LogP contribution in [0.2, 0.25) is 5.02 Å². The second-order valence-corrected chi connectivity index (χ2v) is 10.2. The lowest BCUT2D eigenvalue weighted by molar-refractivity contribution is 0.0675. The molecule has 1 amide bonds. The number of pyridine rings is 1. The van der Waals surface area contributed by atoms with E-state index in [1.54, 1.807) is 7.11 Å². The first-order valence-electron chi connectivity index (χ1n) is 12.5. The lowest BCUT2D eigenvalue weighted by Crippen LogP contribution is -2.44. The Bertz CT molecular complexity index is 1400. The van der Waals surface area contributed by atoms with E-state index in [4.69, 9.17) is 21.3 Å². The number of likely N-dealkylation sites (tertiary alicyclic amines) is 2. The molecule has 0 radical (unpaired) electrons. The summed E-state index contributed by atoms with van der Waals surface area (Å²) in [5.41, 5.74) is 4.83. The van der Waals surface area contributed by atoms with Crippen molar-refractivity contribution < 1.29 is 9.53 Å². The van der Waals surface area contributed by atoms with Crippen LogP contribution in [0, 0.1) is 5.92 Å². The molecule has 2 saturated heterocycles. The SMILES string of the molecule is COc1cccc(C(=O)N2CC3CCN(Cc4c(-c5ccc(Cl)cc5)nc5ccccn45)CC2C3)c1. The zero-order chi connectivity index (χ0) is 24.6. The van der Waals surface area contributed by atoms with Crippen LogP contribution in [0.4, 0.5) is 0 Å². The molecule has 0 N–H and O–H groups in total. The number of halogens is 1. The first kappa shape index (κ1) is 23.1. The minimum absolute atomic E-state index is 0.0971. The molecule has 7 heteroatoms. The Labute approximate surface area is 216 Å². The maximum atomic E-state index is 13.5. The van der Waals surface area contributed by atoms with Crippen molar-refractivity contribution in [2.45, 2.75) is 25.4 Å². The third kappa shape index (κ3) is 4.36. The van der Waals surface area contributed by atoms with Crippen molar-refractivity contribution in [1.29, 1.82) is 0 Å². The first-order chi connectivity index (χ1) is 17.6.